The number of benzene rings is 1. The topological polar surface area (TPSA) is 50.7 Å². The van der Waals surface area contributed by atoms with E-state index in [4.69, 9.17) is 9.47 Å². The third-order valence-electron chi connectivity index (χ3n) is 3.38. The fourth-order valence-electron chi connectivity index (χ4n) is 2.22. The van der Waals surface area contributed by atoms with Gasteiger partial charge in [-0.15, -0.1) is 11.3 Å². The van der Waals surface area contributed by atoms with Crippen molar-refractivity contribution < 1.29 is 14.6 Å². The predicted octanol–water partition coefficient (Wildman–Crippen LogP) is 3.15. The van der Waals surface area contributed by atoms with Crippen LogP contribution in [0.25, 0.3) is 0 Å². The van der Waals surface area contributed by atoms with Crippen LogP contribution in [0.5, 0.6) is 11.5 Å². The minimum Gasteiger partial charge on any atom is -0.493 e. The van der Waals surface area contributed by atoms with Crippen LogP contribution in [-0.2, 0) is 12.1 Å². The first-order valence-corrected chi connectivity index (χ1v) is 8.21. The van der Waals surface area contributed by atoms with Gasteiger partial charge in [-0.2, -0.15) is 0 Å². The molecule has 120 valence electrons. The van der Waals surface area contributed by atoms with Crippen LogP contribution < -0.4 is 14.8 Å². The second kappa shape index (κ2) is 7.63. The van der Waals surface area contributed by atoms with Crippen molar-refractivity contribution in [2.75, 3.05) is 20.3 Å². The van der Waals surface area contributed by atoms with Crippen LogP contribution in [0.2, 0.25) is 0 Å². The van der Waals surface area contributed by atoms with Gasteiger partial charge >= 0.3 is 0 Å². The van der Waals surface area contributed by atoms with Crippen LogP contribution in [0.1, 0.15) is 24.3 Å². The van der Waals surface area contributed by atoms with Crippen LogP contribution in [0.4, 0.5) is 0 Å². The number of rotatable bonds is 8. The molecule has 1 aromatic carbocycles. The number of ether oxygens (including phenoxy) is 2. The van der Waals surface area contributed by atoms with Crippen molar-refractivity contribution in [1.82, 2.24) is 5.32 Å². The highest BCUT2D eigenvalue weighted by atomic mass is 32.1. The SMILES string of the molecule is CCOc1cc(CNCC(C)(O)c2cccs2)ccc1OC. The Morgan fingerprint density at radius 2 is 2.09 bits per heavy atom. The van der Waals surface area contributed by atoms with E-state index in [1.807, 2.05) is 49.6 Å². The van der Waals surface area contributed by atoms with E-state index in [1.54, 1.807) is 18.4 Å². The van der Waals surface area contributed by atoms with E-state index < -0.39 is 5.60 Å². The molecule has 5 heteroatoms. The second-order valence-corrected chi connectivity index (χ2v) is 6.22. The zero-order chi connectivity index (χ0) is 16.0. The van der Waals surface area contributed by atoms with Gasteiger partial charge in [0.05, 0.1) is 13.7 Å². The maximum absolute atomic E-state index is 10.5. The first-order chi connectivity index (χ1) is 10.6. The lowest BCUT2D eigenvalue weighted by molar-refractivity contribution is 0.0604. The van der Waals surface area contributed by atoms with Crippen LogP contribution in [0, 0.1) is 0 Å². The highest BCUT2D eigenvalue weighted by Crippen LogP contribution is 2.28. The molecule has 1 aromatic heterocycles. The maximum atomic E-state index is 10.5. The minimum absolute atomic E-state index is 0.490. The van der Waals surface area contributed by atoms with Gasteiger partial charge < -0.3 is 19.9 Å². The van der Waals surface area contributed by atoms with Gasteiger partial charge in [0, 0.05) is 18.0 Å². The van der Waals surface area contributed by atoms with E-state index in [1.165, 1.54) is 0 Å². The van der Waals surface area contributed by atoms with Crippen molar-refractivity contribution in [2.45, 2.75) is 26.0 Å². The molecule has 0 aliphatic rings. The molecule has 1 unspecified atom stereocenters. The van der Waals surface area contributed by atoms with E-state index in [2.05, 4.69) is 5.32 Å². The molecule has 0 amide bonds. The molecule has 1 atom stereocenters. The normalized spacial score (nSPS) is 13.6. The molecule has 4 nitrogen and oxygen atoms in total. The fraction of sp³-hybridized carbons (Fsp3) is 0.412. The highest BCUT2D eigenvalue weighted by molar-refractivity contribution is 7.10. The van der Waals surface area contributed by atoms with E-state index in [9.17, 15) is 5.11 Å². The number of hydrogen-bond donors (Lipinski definition) is 2. The molecule has 0 radical (unpaired) electrons. The van der Waals surface area contributed by atoms with Gasteiger partial charge in [-0.25, -0.2) is 0 Å². The number of thiophene rings is 1. The van der Waals surface area contributed by atoms with Crippen LogP contribution in [0.15, 0.2) is 35.7 Å². The van der Waals surface area contributed by atoms with Crippen molar-refractivity contribution in [2.24, 2.45) is 0 Å². The Morgan fingerprint density at radius 3 is 2.73 bits per heavy atom. The van der Waals surface area contributed by atoms with Gasteiger partial charge in [0.15, 0.2) is 11.5 Å². The lowest BCUT2D eigenvalue weighted by Crippen LogP contribution is -2.34. The summed E-state index contributed by atoms with van der Waals surface area (Å²) < 4.78 is 10.9. The molecule has 2 N–H and O–H groups in total. The molecule has 0 aliphatic heterocycles. The summed E-state index contributed by atoms with van der Waals surface area (Å²) in [5, 5.41) is 15.7. The summed E-state index contributed by atoms with van der Waals surface area (Å²) in [5.74, 6) is 1.48. The van der Waals surface area contributed by atoms with Gasteiger partial charge in [0.1, 0.15) is 5.60 Å². The highest BCUT2D eigenvalue weighted by Gasteiger charge is 2.23. The Morgan fingerprint density at radius 1 is 1.27 bits per heavy atom. The Kier molecular flexibility index (Phi) is 5.83. The summed E-state index contributed by atoms with van der Waals surface area (Å²) in [6, 6.07) is 9.77. The van der Waals surface area contributed by atoms with Crippen LogP contribution >= 0.6 is 11.3 Å². The summed E-state index contributed by atoms with van der Waals surface area (Å²) >= 11 is 1.56. The Labute approximate surface area is 135 Å². The summed E-state index contributed by atoms with van der Waals surface area (Å²) in [5.41, 5.74) is 0.231. The summed E-state index contributed by atoms with van der Waals surface area (Å²) in [4.78, 5) is 0.963. The van der Waals surface area contributed by atoms with E-state index >= 15 is 0 Å². The number of nitrogens with one attached hydrogen (secondary N) is 1. The molecule has 0 saturated carbocycles. The van der Waals surface area contributed by atoms with Crippen LogP contribution in [0.3, 0.4) is 0 Å². The molecule has 0 bridgehead atoms. The zero-order valence-electron chi connectivity index (χ0n) is 13.3. The number of hydrogen-bond acceptors (Lipinski definition) is 5. The average molecular weight is 321 g/mol. The second-order valence-electron chi connectivity index (χ2n) is 5.27. The van der Waals surface area contributed by atoms with Crippen molar-refractivity contribution in [3.05, 3.63) is 46.2 Å². The Bertz CT molecular complexity index is 582. The predicted molar refractivity (Wildman–Crippen MR) is 89.8 cm³/mol. The summed E-state index contributed by atoms with van der Waals surface area (Å²) in [7, 11) is 1.63. The van der Waals surface area contributed by atoms with Gasteiger partial charge in [-0.3, -0.25) is 0 Å². The number of methoxy groups -OCH3 is 1. The Balaban J connectivity index is 1.95. The van der Waals surface area contributed by atoms with Gasteiger partial charge in [0.2, 0.25) is 0 Å². The minimum atomic E-state index is -0.858. The molecule has 2 aromatic rings. The third-order valence-corrected chi connectivity index (χ3v) is 4.50. The molecule has 0 aliphatic carbocycles. The van der Waals surface area contributed by atoms with Gasteiger partial charge in [-0.1, -0.05) is 12.1 Å². The quantitative estimate of drug-likeness (QED) is 0.784. The molecule has 2 rings (SSSR count). The molecular weight excluding hydrogens is 298 g/mol. The summed E-state index contributed by atoms with van der Waals surface area (Å²) in [6.45, 7) is 5.52. The van der Waals surface area contributed by atoms with Crippen molar-refractivity contribution in [3.8, 4) is 11.5 Å². The molecule has 0 fully saturated rings. The summed E-state index contributed by atoms with van der Waals surface area (Å²) in [6.07, 6.45) is 0. The molecule has 1 heterocycles. The third kappa shape index (κ3) is 4.22. The van der Waals surface area contributed by atoms with Gasteiger partial charge in [-0.05, 0) is 43.0 Å². The lowest BCUT2D eigenvalue weighted by Gasteiger charge is -2.22. The molecular formula is C17H23NO3S. The van der Waals surface area contributed by atoms with Gasteiger partial charge in [0.25, 0.3) is 0 Å². The van der Waals surface area contributed by atoms with Crippen molar-refractivity contribution in [3.63, 3.8) is 0 Å². The zero-order valence-corrected chi connectivity index (χ0v) is 14.1. The van der Waals surface area contributed by atoms with Crippen LogP contribution in [-0.4, -0.2) is 25.4 Å². The van der Waals surface area contributed by atoms with Crippen molar-refractivity contribution in [1.29, 1.82) is 0 Å². The molecule has 0 spiro atoms. The van der Waals surface area contributed by atoms with E-state index in [0.29, 0.717) is 19.7 Å². The monoisotopic (exact) mass is 321 g/mol. The Hall–Kier alpha value is -1.56. The lowest BCUT2D eigenvalue weighted by atomic mass is 10.1. The van der Waals surface area contributed by atoms with E-state index in [-0.39, 0.29) is 0 Å². The number of aliphatic hydroxyl groups is 1. The average Bonchev–Trinajstić information content (AvgIpc) is 3.03. The first-order valence-electron chi connectivity index (χ1n) is 7.33. The largest absolute Gasteiger partial charge is 0.493 e. The smallest absolute Gasteiger partial charge is 0.161 e. The van der Waals surface area contributed by atoms with E-state index in [0.717, 1.165) is 21.9 Å². The van der Waals surface area contributed by atoms with Crippen molar-refractivity contribution >= 4 is 11.3 Å². The first kappa shape index (κ1) is 16.8. The fourth-order valence-corrected chi connectivity index (χ4v) is 3.01. The molecule has 22 heavy (non-hydrogen) atoms. The maximum Gasteiger partial charge on any atom is 0.161 e. The molecule has 0 saturated heterocycles. The standard InChI is InChI=1S/C17H23NO3S/c1-4-21-15-10-13(7-8-14(15)20-3)11-18-12-17(2,19)16-6-5-9-22-16/h5-10,18-19H,4,11-12H2,1-3H3.